The standard InChI is InChI=1S/C7H8FN/c1-6(8)7-3-2-4-9-5-7/h2-6H,1H3/t6-/m1/s1. The van der Waals surface area contributed by atoms with Crippen molar-refractivity contribution in [1.82, 2.24) is 4.98 Å². The molecule has 0 unspecified atom stereocenters. The average Bonchev–Trinajstić information content (AvgIpc) is 1.90. The second kappa shape index (κ2) is 2.58. The van der Waals surface area contributed by atoms with Crippen molar-refractivity contribution in [2.45, 2.75) is 13.1 Å². The van der Waals surface area contributed by atoms with Crippen LogP contribution in [0.25, 0.3) is 0 Å². The van der Waals surface area contributed by atoms with Gasteiger partial charge in [-0.1, -0.05) is 6.07 Å². The number of rotatable bonds is 1. The van der Waals surface area contributed by atoms with Crippen LogP contribution in [0.4, 0.5) is 4.39 Å². The molecule has 0 aromatic carbocycles. The predicted octanol–water partition coefficient (Wildman–Crippen LogP) is 2.11. The van der Waals surface area contributed by atoms with E-state index in [1.807, 2.05) is 0 Å². The minimum Gasteiger partial charge on any atom is -0.264 e. The van der Waals surface area contributed by atoms with Crippen LogP contribution in [0.2, 0.25) is 0 Å². The van der Waals surface area contributed by atoms with Gasteiger partial charge >= 0.3 is 0 Å². The van der Waals surface area contributed by atoms with E-state index in [-0.39, 0.29) is 0 Å². The Bertz CT molecular complexity index is 172. The zero-order chi connectivity index (χ0) is 6.69. The largest absolute Gasteiger partial charge is 0.264 e. The number of nitrogens with zero attached hydrogens (tertiary/aromatic N) is 1. The average molecular weight is 125 g/mol. The lowest BCUT2D eigenvalue weighted by atomic mass is 10.2. The Hall–Kier alpha value is -0.920. The van der Waals surface area contributed by atoms with Crippen LogP contribution in [0.5, 0.6) is 0 Å². The zero-order valence-corrected chi connectivity index (χ0v) is 5.21. The van der Waals surface area contributed by atoms with Gasteiger partial charge < -0.3 is 0 Å². The molecule has 1 aromatic heterocycles. The van der Waals surface area contributed by atoms with Crippen LogP contribution < -0.4 is 0 Å². The van der Waals surface area contributed by atoms with Gasteiger partial charge in [-0.15, -0.1) is 0 Å². The highest BCUT2D eigenvalue weighted by molar-refractivity contribution is 5.10. The van der Waals surface area contributed by atoms with Crippen LogP contribution >= 0.6 is 0 Å². The van der Waals surface area contributed by atoms with Crippen LogP contribution in [0, 0.1) is 0 Å². The van der Waals surface area contributed by atoms with E-state index in [0.717, 1.165) is 0 Å². The molecule has 1 heterocycles. The molecule has 0 aliphatic rings. The van der Waals surface area contributed by atoms with Crippen LogP contribution in [0.3, 0.4) is 0 Å². The molecule has 0 aliphatic carbocycles. The highest BCUT2D eigenvalue weighted by Crippen LogP contribution is 2.12. The summed E-state index contributed by atoms with van der Waals surface area (Å²) in [4.78, 5) is 3.77. The van der Waals surface area contributed by atoms with Gasteiger partial charge in [0.1, 0.15) is 6.17 Å². The minimum atomic E-state index is -0.904. The van der Waals surface area contributed by atoms with Gasteiger partial charge in [0.05, 0.1) is 0 Å². The van der Waals surface area contributed by atoms with Crippen LogP contribution in [0.15, 0.2) is 24.5 Å². The second-order valence-electron chi connectivity index (χ2n) is 1.90. The van der Waals surface area contributed by atoms with Crippen molar-refractivity contribution >= 4 is 0 Å². The first-order chi connectivity index (χ1) is 4.30. The second-order valence-corrected chi connectivity index (χ2v) is 1.90. The number of pyridine rings is 1. The Labute approximate surface area is 53.5 Å². The molecule has 0 spiro atoms. The maximum absolute atomic E-state index is 12.4. The van der Waals surface area contributed by atoms with E-state index in [0.29, 0.717) is 5.56 Å². The Balaban J connectivity index is 2.85. The van der Waals surface area contributed by atoms with Crippen LogP contribution in [-0.4, -0.2) is 4.98 Å². The Morgan fingerprint density at radius 1 is 1.67 bits per heavy atom. The number of aromatic nitrogens is 1. The van der Waals surface area contributed by atoms with E-state index in [1.54, 1.807) is 18.3 Å². The fraction of sp³-hybridized carbons (Fsp3) is 0.286. The molecular formula is C7H8FN. The highest BCUT2D eigenvalue weighted by Gasteiger charge is 1.98. The molecule has 48 valence electrons. The molecule has 0 aliphatic heterocycles. The lowest BCUT2D eigenvalue weighted by Gasteiger charge is -1.97. The minimum absolute atomic E-state index is 0.637. The summed E-state index contributed by atoms with van der Waals surface area (Å²) >= 11 is 0. The summed E-state index contributed by atoms with van der Waals surface area (Å²) in [5, 5.41) is 0. The fourth-order valence-corrected chi connectivity index (χ4v) is 0.611. The molecule has 9 heavy (non-hydrogen) atoms. The predicted molar refractivity (Wildman–Crippen MR) is 33.8 cm³/mol. The van der Waals surface area contributed by atoms with Gasteiger partial charge in [0, 0.05) is 18.0 Å². The lowest BCUT2D eigenvalue weighted by molar-refractivity contribution is 0.373. The Morgan fingerprint density at radius 2 is 2.44 bits per heavy atom. The van der Waals surface area contributed by atoms with Crippen molar-refractivity contribution in [3.8, 4) is 0 Å². The van der Waals surface area contributed by atoms with Crippen molar-refractivity contribution in [3.63, 3.8) is 0 Å². The molecular weight excluding hydrogens is 117 g/mol. The molecule has 0 fully saturated rings. The van der Waals surface area contributed by atoms with Crippen molar-refractivity contribution in [1.29, 1.82) is 0 Å². The third-order valence-corrected chi connectivity index (χ3v) is 1.14. The van der Waals surface area contributed by atoms with Gasteiger partial charge in [-0.3, -0.25) is 4.98 Å². The first-order valence-corrected chi connectivity index (χ1v) is 2.84. The molecule has 0 saturated heterocycles. The monoisotopic (exact) mass is 125 g/mol. The topological polar surface area (TPSA) is 12.9 Å². The number of alkyl halides is 1. The summed E-state index contributed by atoms with van der Waals surface area (Å²) in [6.07, 6.45) is 2.26. The molecule has 1 rings (SSSR count). The first-order valence-electron chi connectivity index (χ1n) is 2.84. The summed E-state index contributed by atoms with van der Waals surface area (Å²) in [6, 6.07) is 3.45. The molecule has 0 radical (unpaired) electrons. The molecule has 1 atom stereocenters. The summed E-state index contributed by atoms with van der Waals surface area (Å²) in [5.41, 5.74) is 0.637. The van der Waals surface area contributed by atoms with Crippen molar-refractivity contribution in [2.24, 2.45) is 0 Å². The molecule has 0 bridgehead atoms. The Kier molecular flexibility index (Phi) is 1.78. The number of hydrogen-bond donors (Lipinski definition) is 0. The van der Waals surface area contributed by atoms with E-state index in [1.165, 1.54) is 13.1 Å². The summed E-state index contributed by atoms with van der Waals surface area (Å²) in [6.45, 7) is 1.50. The fourth-order valence-electron chi connectivity index (χ4n) is 0.611. The quantitative estimate of drug-likeness (QED) is 0.560. The van der Waals surface area contributed by atoms with Gasteiger partial charge in [-0.25, -0.2) is 4.39 Å². The van der Waals surface area contributed by atoms with Crippen molar-refractivity contribution < 1.29 is 4.39 Å². The van der Waals surface area contributed by atoms with Gasteiger partial charge in [0.25, 0.3) is 0 Å². The molecule has 0 saturated carbocycles. The maximum atomic E-state index is 12.4. The molecule has 0 amide bonds. The van der Waals surface area contributed by atoms with Gasteiger partial charge in [0.2, 0.25) is 0 Å². The normalized spacial score (nSPS) is 13.1. The zero-order valence-electron chi connectivity index (χ0n) is 5.21. The van der Waals surface area contributed by atoms with Crippen molar-refractivity contribution in [2.75, 3.05) is 0 Å². The van der Waals surface area contributed by atoms with Gasteiger partial charge in [-0.2, -0.15) is 0 Å². The SMILES string of the molecule is C[C@@H](F)c1cccnc1. The smallest absolute Gasteiger partial charge is 0.124 e. The molecule has 1 nitrogen and oxygen atoms in total. The molecule has 0 N–H and O–H groups in total. The Morgan fingerprint density at radius 3 is 2.78 bits per heavy atom. The van der Waals surface area contributed by atoms with Gasteiger partial charge in [-0.05, 0) is 13.0 Å². The van der Waals surface area contributed by atoms with Crippen molar-refractivity contribution in [3.05, 3.63) is 30.1 Å². The summed E-state index contributed by atoms with van der Waals surface area (Å²) in [5.74, 6) is 0. The highest BCUT2D eigenvalue weighted by atomic mass is 19.1. The van der Waals surface area contributed by atoms with E-state index in [4.69, 9.17) is 0 Å². The molecule has 2 heteroatoms. The summed E-state index contributed by atoms with van der Waals surface area (Å²) in [7, 11) is 0. The first kappa shape index (κ1) is 6.20. The lowest BCUT2D eigenvalue weighted by Crippen LogP contribution is -1.84. The molecule has 1 aromatic rings. The van der Waals surface area contributed by atoms with E-state index >= 15 is 0 Å². The third-order valence-electron chi connectivity index (χ3n) is 1.14. The van der Waals surface area contributed by atoms with Gasteiger partial charge in [0.15, 0.2) is 0 Å². The number of hydrogen-bond acceptors (Lipinski definition) is 1. The number of halogens is 1. The third kappa shape index (κ3) is 1.49. The van der Waals surface area contributed by atoms with Crippen LogP contribution in [0.1, 0.15) is 18.7 Å². The van der Waals surface area contributed by atoms with E-state index in [9.17, 15) is 4.39 Å². The summed E-state index contributed by atoms with van der Waals surface area (Å²) < 4.78 is 12.4. The van der Waals surface area contributed by atoms with E-state index in [2.05, 4.69) is 4.98 Å². The van der Waals surface area contributed by atoms with Crippen LogP contribution in [-0.2, 0) is 0 Å². The maximum Gasteiger partial charge on any atom is 0.124 e. The van der Waals surface area contributed by atoms with E-state index < -0.39 is 6.17 Å².